The van der Waals surface area contributed by atoms with Crippen molar-refractivity contribution < 1.29 is 0 Å². The van der Waals surface area contributed by atoms with Gasteiger partial charge in [0, 0.05) is 25.3 Å². The second-order valence-corrected chi connectivity index (χ2v) is 4.76. The van der Waals surface area contributed by atoms with Crippen molar-refractivity contribution in [2.75, 3.05) is 31.5 Å². The van der Waals surface area contributed by atoms with E-state index in [1.54, 1.807) is 0 Å². The van der Waals surface area contributed by atoms with Crippen molar-refractivity contribution in [2.45, 2.75) is 6.42 Å². The van der Waals surface area contributed by atoms with E-state index >= 15 is 0 Å². The standard InChI is InChI=1S/C17H23N3/c18-11-14-19-12-4-13-20-17-9-7-16(8-10-17)15-5-2-1-3-6-15/h1-3,5-10,19-20H,4,11-14,18H2. The summed E-state index contributed by atoms with van der Waals surface area (Å²) in [7, 11) is 0. The Morgan fingerprint density at radius 3 is 2.15 bits per heavy atom. The summed E-state index contributed by atoms with van der Waals surface area (Å²) in [4.78, 5) is 0. The molecule has 0 amide bonds. The van der Waals surface area contributed by atoms with Gasteiger partial charge in [-0.3, -0.25) is 0 Å². The first-order valence-electron chi connectivity index (χ1n) is 7.20. The quantitative estimate of drug-likeness (QED) is 0.646. The van der Waals surface area contributed by atoms with Crippen LogP contribution >= 0.6 is 0 Å². The van der Waals surface area contributed by atoms with Crippen LogP contribution in [0.15, 0.2) is 54.6 Å². The molecule has 2 rings (SSSR count). The van der Waals surface area contributed by atoms with Gasteiger partial charge in [0.15, 0.2) is 0 Å². The number of nitrogens with two attached hydrogens (primary N) is 1. The molecule has 4 N–H and O–H groups in total. The molecule has 106 valence electrons. The van der Waals surface area contributed by atoms with Crippen molar-refractivity contribution in [3.8, 4) is 11.1 Å². The number of benzene rings is 2. The summed E-state index contributed by atoms with van der Waals surface area (Å²) in [5.41, 5.74) is 9.09. The van der Waals surface area contributed by atoms with Crippen molar-refractivity contribution in [3.63, 3.8) is 0 Å². The molecule has 0 saturated heterocycles. The lowest BCUT2D eigenvalue weighted by Gasteiger charge is -2.08. The molecule has 2 aromatic carbocycles. The van der Waals surface area contributed by atoms with Crippen LogP contribution in [0.2, 0.25) is 0 Å². The SMILES string of the molecule is NCCNCCCNc1ccc(-c2ccccc2)cc1. The van der Waals surface area contributed by atoms with Gasteiger partial charge in [0.25, 0.3) is 0 Å². The van der Waals surface area contributed by atoms with Crippen molar-refractivity contribution in [3.05, 3.63) is 54.6 Å². The maximum Gasteiger partial charge on any atom is 0.0340 e. The fraction of sp³-hybridized carbons (Fsp3) is 0.294. The van der Waals surface area contributed by atoms with Gasteiger partial charge in [0.1, 0.15) is 0 Å². The Kier molecular flexibility index (Phi) is 6.08. The predicted octanol–water partition coefficient (Wildman–Crippen LogP) is 2.70. The van der Waals surface area contributed by atoms with Crippen LogP contribution in [-0.2, 0) is 0 Å². The molecule has 0 heterocycles. The van der Waals surface area contributed by atoms with Crippen molar-refractivity contribution in [2.24, 2.45) is 5.73 Å². The Hall–Kier alpha value is -1.84. The molecule has 20 heavy (non-hydrogen) atoms. The lowest BCUT2D eigenvalue weighted by Crippen LogP contribution is -2.24. The van der Waals surface area contributed by atoms with E-state index in [9.17, 15) is 0 Å². The van der Waals surface area contributed by atoms with E-state index in [0.29, 0.717) is 6.54 Å². The molecule has 0 bridgehead atoms. The van der Waals surface area contributed by atoms with E-state index in [0.717, 1.165) is 26.1 Å². The molecule has 2 aromatic rings. The summed E-state index contributed by atoms with van der Waals surface area (Å²) in [6, 6.07) is 19.0. The van der Waals surface area contributed by atoms with Gasteiger partial charge in [-0.1, -0.05) is 42.5 Å². The maximum absolute atomic E-state index is 5.42. The lowest BCUT2D eigenvalue weighted by molar-refractivity contribution is 0.666. The van der Waals surface area contributed by atoms with Gasteiger partial charge < -0.3 is 16.4 Å². The van der Waals surface area contributed by atoms with Crippen molar-refractivity contribution in [1.29, 1.82) is 0 Å². The highest BCUT2D eigenvalue weighted by Crippen LogP contribution is 2.20. The Bertz CT molecular complexity index is 479. The van der Waals surface area contributed by atoms with Gasteiger partial charge in [-0.05, 0) is 36.2 Å². The third kappa shape index (κ3) is 4.68. The van der Waals surface area contributed by atoms with Gasteiger partial charge in [0.05, 0.1) is 0 Å². The Labute approximate surface area is 121 Å². The van der Waals surface area contributed by atoms with Crippen LogP contribution < -0.4 is 16.4 Å². The molecule has 0 spiro atoms. The van der Waals surface area contributed by atoms with Gasteiger partial charge in [-0.25, -0.2) is 0 Å². The summed E-state index contributed by atoms with van der Waals surface area (Å²) < 4.78 is 0. The summed E-state index contributed by atoms with van der Waals surface area (Å²) in [6.45, 7) is 3.58. The second kappa shape index (κ2) is 8.35. The monoisotopic (exact) mass is 269 g/mol. The number of nitrogens with one attached hydrogen (secondary N) is 2. The van der Waals surface area contributed by atoms with Crippen LogP contribution in [0, 0.1) is 0 Å². The minimum absolute atomic E-state index is 0.703. The third-order valence-electron chi connectivity index (χ3n) is 3.17. The molecule has 0 aliphatic heterocycles. The molecule has 0 unspecified atom stereocenters. The minimum Gasteiger partial charge on any atom is -0.385 e. The summed E-state index contributed by atoms with van der Waals surface area (Å²) >= 11 is 0. The average molecular weight is 269 g/mol. The first kappa shape index (κ1) is 14.6. The largest absolute Gasteiger partial charge is 0.385 e. The van der Waals surface area contributed by atoms with Gasteiger partial charge in [-0.15, -0.1) is 0 Å². The number of hydrogen-bond donors (Lipinski definition) is 3. The van der Waals surface area contributed by atoms with E-state index in [1.165, 1.54) is 16.8 Å². The zero-order valence-electron chi connectivity index (χ0n) is 11.8. The molecule has 0 radical (unpaired) electrons. The number of hydrogen-bond acceptors (Lipinski definition) is 3. The second-order valence-electron chi connectivity index (χ2n) is 4.76. The van der Waals surface area contributed by atoms with Gasteiger partial charge in [-0.2, -0.15) is 0 Å². The molecule has 0 aliphatic rings. The zero-order valence-corrected chi connectivity index (χ0v) is 11.8. The normalized spacial score (nSPS) is 10.4. The van der Waals surface area contributed by atoms with E-state index in [4.69, 9.17) is 5.73 Å². The molecule has 3 heteroatoms. The van der Waals surface area contributed by atoms with Crippen molar-refractivity contribution in [1.82, 2.24) is 5.32 Å². The van der Waals surface area contributed by atoms with Crippen LogP contribution in [0.3, 0.4) is 0 Å². The van der Waals surface area contributed by atoms with Crippen LogP contribution in [0.5, 0.6) is 0 Å². The lowest BCUT2D eigenvalue weighted by atomic mass is 10.1. The van der Waals surface area contributed by atoms with Crippen LogP contribution in [0.1, 0.15) is 6.42 Å². The topological polar surface area (TPSA) is 50.1 Å². The fourth-order valence-corrected chi connectivity index (χ4v) is 2.08. The van der Waals surface area contributed by atoms with E-state index in [2.05, 4.69) is 59.2 Å². The zero-order chi connectivity index (χ0) is 14.0. The van der Waals surface area contributed by atoms with E-state index in [-0.39, 0.29) is 0 Å². The molecule has 0 saturated carbocycles. The summed E-state index contributed by atoms with van der Waals surface area (Å²) in [5.74, 6) is 0. The van der Waals surface area contributed by atoms with Crippen LogP contribution in [-0.4, -0.2) is 26.2 Å². The van der Waals surface area contributed by atoms with E-state index < -0.39 is 0 Å². The summed E-state index contributed by atoms with van der Waals surface area (Å²) in [5, 5.41) is 6.72. The Morgan fingerprint density at radius 1 is 0.750 bits per heavy atom. The van der Waals surface area contributed by atoms with Crippen molar-refractivity contribution >= 4 is 5.69 Å². The van der Waals surface area contributed by atoms with Crippen LogP contribution in [0.25, 0.3) is 11.1 Å². The minimum atomic E-state index is 0.703. The maximum atomic E-state index is 5.42. The molecule has 3 nitrogen and oxygen atoms in total. The molecular weight excluding hydrogens is 246 g/mol. The Balaban J connectivity index is 1.77. The molecule has 0 aliphatic carbocycles. The van der Waals surface area contributed by atoms with E-state index in [1.807, 2.05) is 6.07 Å². The molecular formula is C17H23N3. The molecule has 0 aromatic heterocycles. The molecule has 0 atom stereocenters. The summed E-state index contributed by atoms with van der Waals surface area (Å²) in [6.07, 6.45) is 1.10. The first-order valence-corrected chi connectivity index (χ1v) is 7.20. The smallest absolute Gasteiger partial charge is 0.0340 e. The third-order valence-corrected chi connectivity index (χ3v) is 3.17. The number of anilines is 1. The fourth-order valence-electron chi connectivity index (χ4n) is 2.08. The van der Waals surface area contributed by atoms with Crippen LogP contribution in [0.4, 0.5) is 5.69 Å². The number of rotatable bonds is 8. The first-order chi connectivity index (χ1) is 9.90. The highest BCUT2D eigenvalue weighted by Gasteiger charge is 1.97. The molecule has 0 fully saturated rings. The highest BCUT2D eigenvalue weighted by atomic mass is 14.9. The predicted molar refractivity (Wildman–Crippen MR) is 86.9 cm³/mol. The van der Waals surface area contributed by atoms with Gasteiger partial charge in [0.2, 0.25) is 0 Å². The van der Waals surface area contributed by atoms with Gasteiger partial charge >= 0.3 is 0 Å². The highest BCUT2D eigenvalue weighted by molar-refractivity contribution is 5.65. The average Bonchev–Trinajstić information content (AvgIpc) is 2.52. The Morgan fingerprint density at radius 2 is 1.45 bits per heavy atom.